The lowest BCUT2D eigenvalue weighted by Crippen LogP contribution is -2.11. The summed E-state index contributed by atoms with van der Waals surface area (Å²) in [6.07, 6.45) is 0.375. The number of anilines is 1. The van der Waals surface area contributed by atoms with Gasteiger partial charge in [0.05, 0.1) is 6.61 Å². The summed E-state index contributed by atoms with van der Waals surface area (Å²) in [5.41, 5.74) is 0.618. The van der Waals surface area contributed by atoms with Gasteiger partial charge in [-0.2, -0.15) is 0 Å². The maximum Gasteiger partial charge on any atom is 0.322 e. The van der Waals surface area contributed by atoms with Gasteiger partial charge in [-0.3, -0.25) is 10.1 Å². The number of amides is 1. The van der Waals surface area contributed by atoms with Crippen molar-refractivity contribution in [1.82, 2.24) is 10.2 Å². The predicted octanol–water partition coefficient (Wildman–Crippen LogP) is 1.43. The van der Waals surface area contributed by atoms with Crippen molar-refractivity contribution in [3.8, 4) is 11.8 Å². The summed E-state index contributed by atoms with van der Waals surface area (Å²) >= 11 is 1.27. The van der Waals surface area contributed by atoms with Gasteiger partial charge >= 0.3 is 6.01 Å². The van der Waals surface area contributed by atoms with Crippen LogP contribution in [-0.2, 0) is 0 Å². The molecule has 0 bridgehead atoms. The molecule has 1 amide bonds. The van der Waals surface area contributed by atoms with Crippen LogP contribution >= 0.6 is 11.3 Å². The maximum atomic E-state index is 12.0. The average molecular weight is 277 g/mol. The molecule has 0 aliphatic heterocycles. The van der Waals surface area contributed by atoms with Crippen LogP contribution in [0.3, 0.4) is 0 Å². The minimum Gasteiger partial charge on any atom is -0.408 e. The molecule has 0 aliphatic rings. The molecule has 19 heavy (non-hydrogen) atoms. The van der Waals surface area contributed by atoms with E-state index in [-0.39, 0.29) is 18.5 Å². The Kier molecular flexibility index (Phi) is 4.28. The molecule has 0 unspecified atom stereocenters. The van der Waals surface area contributed by atoms with E-state index in [9.17, 15) is 4.79 Å². The highest BCUT2D eigenvalue weighted by Gasteiger charge is 2.14. The van der Waals surface area contributed by atoms with Crippen molar-refractivity contribution in [2.24, 2.45) is 0 Å². The second kappa shape index (κ2) is 6.13. The Bertz CT molecular complexity index is 636. The van der Waals surface area contributed by atoms with E-state index in [1.54, 1.807) is 18.4 Å². The Labute approximate surface area is 113 Å². The van der Waals surface area contributed by atoms with Gasteiger partial charge in [0, 0.05) is 18.9 Å². The molecular weight excluding hydrogens is 266 g/mol. The van der Waals surface area contributed by atoms with E-state index in [0.717, 1.165) is 0 Å². The Morgan fingerprint density at radius 1 is 1.58 bits per heavy atom. The number of thiophene rings is 1. The monoisotopic (exact) mass is 277 g/mol. The number of rotatable bonds is 3. The molecular formula is C12H11N3O3S. The van der Waals surface area contributed by atoms with Gasteiger partial charge in [-0.15, -0.1) is 16.4 Å². The fourth-order valence-corrected chi connectivity index (χ4v) is 2.04. The summed E-state index contributed by atoms with van der Waals surface area (Å²) in [6, 6.07) is 1.81. The summed E-state index contributed by atoms with van der Waals surface area (Å²) in [4.78, 5) is 12.5. The quantitative estimate of drug-likeness (QED) is 0.828. The third-order valence-corrected chi connectivity index (χ3v) is 2.99. The third-order valence-electron chi connectivity index (χ3n) is 2.08. The minimum absolute atomic E-state index is 0.0000709. The second-order valence-electron chi connectivity index (χ2n) is 3.52. The largest absolute Gasteiger partial charge is 0.408 e. The number of aliphatic hydroxyl groups excluding tert-OH is 1. The molecule has 2 N–H and O–H groups in total. The molecule has 2 aromatic rings. The molecule has 0 aliphatic carbocycles. The van der Waals surface area contributed by atoms with Gasteiger partial charge in [0.1, 0.15) is 4.88 Å². The molecule has 2 aromatic heterocycles. The molecule has 98 valence electrons. The highest BCUT2D eigenvalue weighted by molar-refractivity contribution is 7.12. The van der Waals surface area contributed by atoms with Crippen LogP contribution in [0.15, 0.2) is 15.9 Å². The molecule has 0 aromatic carbocycles. The first-order valence-electron chi connectivity index (χ1n) is 5.49. The van der Waals surface area contributed by atoms with Gasteiger partial charge in [-0.05, 0) is 11.4 Å². The number of nitrogens with zero attached hydrogens (tertiary/aromatic N) is 2. The van der Waals surface area contributed by atoms with Gasteiger partial charge in [-0.25, -0.2) is 0 Å². The SMILES string of the molecule is Cc1nnc(NC(=O)c2sccc2C#CCCO)o1. The lowest BCUT2D eigenvalue weighted by molar-refractivity contribution is 0.102. The number of aliphatic hydroxyl groups is 1. The van der Waals surface area contributed by atoms with Crippen molar-refractivity contribution in [1.29, 1.82) is 0 Å². The first-order chi connectivity index (χ1) is 9.20. The van der Waals surface area contributed by atoms with Crippen molar-refractivity contribution in [3.05, 3.63) is 27.8 Å². The Balaban J connectivity index is 2.12. The zero-order chi connectivity index (χ0) is 13.7. The zero-order valence-electron chi connectivity index (χ0n) is 10.1. The molecule has 0 atom stereocenters. The van der Waals surface area contributed by atoms with Crippen molar-refractivity contribution in [2.45, 2.75) is 13.3 Å². The molecule has 2 rings (SSSR count). The van der Waals surface area contributed by atoms with Crippen LogP contribution in [0.5, 0.6) is 0 Å². The van der Waals surface area contributed by atoms with E-state index < -0.39 is 0 Å². The van der Waals surface area contributed by atoms with Gasteiger partial charge in [0.25, 0.3) is 5.91 Å². The molecule has 0 saturated heterocycles. The molecule has 7 heteroatoms. The van der Waals surface area contributed by atoms with Crippen molar-refractivity contribution < 1.29 is 14.3 Å². The van der Waals surface area contributed by atoms with Crippen LogP contribution in [0.1, 0.15) is 27.5 Å². The molecule has 2 heterocycles. The van der Waals surface area contributed by atoms with Crippen LogP contribution < -0.4 is 5.32 Å². The van der Waals surface area contributed by atoms with E-state index in [4.69, 9.17) is 9.52 Å². The topological polar surface area (TPSA) is 88.2 Å². The molecule has 0 saturated carbocycles. The zero-order valence-corrected chi connectivity index (χ0v) is 11.0. The second-order valence-corrected chi connectivity index (χ2v) is 4.44. The van der Waals surface area contributed by atoms with Crippen LogP contribution in [0.25, 0.3) is 0 Å². The first kappa shape index (κ1) is 13.3. The van der Waals surface area contributed by atoms with E-state index in [1.165, 1.54) is 11.3 Å². The van der Waals surface area contributed by atoms with Crippen molar-refractivity contribution >= 4 is 23.3 Å². The summed E-state index contributed by atoms with van der Waals surface area (Å²) in [5, 5.41) is 20.3. The Morgan fingerprint density at radius 3 is 3.11 bits per heavy atom. The van der Waals surface area contributed by atoms with E-state index in [1.807, 2.05) is 0 Å². The number of carbonyl (C=O) groups excluding carboxylic acids is 1. The first-order valence-corrected chi connectivity index (χ1v) is 6.37. The smallest absolute Gasteiger partial charge is 0.322 e. The van der Waals surface area contributed by atoms with Gasteiger partial charge in [-0.1, -0.05) is 16.9 Å². The van der Waals surface area contributed by atoms with Crippen molar-refractivity contribution in [3.63, 3.8) is 0 Å². The molecule has 0 radical (unpaired) electrons. The number of hydrogen-bond acceptors (Lipinski definition) is 6. The van der Waals surface area contributed by atoms with Gasteiger partial charge in [0.15, 0.2) is 0 Å². The predicted molar refractivity (Wildman–Crippen MR) is 69.9 cm³/mol. The van der Waals surface area contributed by atoms with Gasteiger partial charge in [0.2, 0.25) is 5.89 Å². The molecule has 0 fully saturated rings. The Hall–Kier alpha value is -2.17. The molecule has 6 nitrogen and oxygen atoms in total. The lowest BCUT2D eigenvalue weighted by atomic mass is 10.2. The minimum atomic E-state index is -0.341. The summed E-state index contributed by atoms with van der Waals surface area (Å²) < 4.78 is 5.07. The standard InChI is InChI=1S/C12H11N3O3S/c1-8-14-15-12(18-8)13-11(17)10-9(5-7-19-10)4-2-3-6-16/h5,7,16H,3,6H2,1H3,(H,13,15,17). The fourth-order valence-electron chi connectivity index (χ4n) is 1.30. The fraction of sp³-hybridized carbons (Fsp3) is 0.250. The van der Waals surface area contributed by atoms with Gasteiger partial charge < -0.3 is 9.52 Å². The summed E-state index contributed by atoms with van der Waals surface area (Å²) in [5.74, 6) is 5.65. The van der Waals surface area contributed by atoms with Crippen LogP contribution in [0.4, 0.5) is 6.01 Å². The van der Waals surface area contributed by atoms with E-state index in [0.29, 0.717) is 22.8 Å². The van der Waals surface area contributed by atoms with E-state index >= 15 is 0 Å². The van der Waals surface area contributed by atoms with Crippen LogP contribution in [-0.4, -0.2) is 27.8 Å². The number of carbonyl (C=O) groups is 1. The highest BCUT2D eigenvalue weighted by atomic mass is 32.1. The third kappa shape index (κ3) is 3.40. The number of aromatic nitrogens is 2. The molecule has 0 spiro atoms. The summed E-state index contributed by atoms with van der Waals surface area (Å²) in [6.45, 7) is 1.64. The van der Waals surface area contributed by atoms with Crippen LogP contribution in [0, 0.1) is 18.8 Å². The maximum absolute atomic E-state index is 12.0. The van der Waals surface area contributed by atoms with E-state index in [2.05, 4.69) is 27.4 Å². The Morgan fingerprint density at radius 2 is 2.42 bits per heavy atom. The summed E-state index contributed by atoms with van der Waals surface area (Å²) in [7, 11) is 0. The van der Waals surface area contributed by atoms with Crippen molar-refractivity contribution in [2.75, 3.05) is 11.9 Å². The van der Waals surface area contributed by atoms with Crippen LogP contribution in [0.2, 0.25) is 0 Å². The lowest BCUT2D eigenvalue weighted by Gasteiger charge is -1.97. The average Bonchev–Trinajstić information content (AvgIpc) is 2.99. The number of hydrogen-bond donors (Lipinski definition) is 2. The highest BCUT2D eigenvalue weighted by Crippen LogP contribution is 2.17. The normalized spacial score (nSPS) is 9.79. The number of nitrogens with one attached hydrogen (secondary N) is 1. The number of aryl methyl sites for hydroxylation is 1.